The minimum Gasteiger partial charge on any atom is -0.370 e. The number of ether oxygens (including phenoxy) is 1. The van der Waals surface area contributed by atoms with Gasteiger partial charge in [0.25, 0.3) is 11.8 Å². The number of amides is 2. The summed E-state index contributed by atoms with van der Waals surface area (Å²) in [7, 11) is -7.50. The van der Waals surface area contributed by atoms with Crippen LogP contribution in [-0.2, 0) is 36.2 Å². The number of carbonyl (C=O) groups is 3. The van der Waals surface area contributed by atoms with Crippen molar-refractivity contribution < 1.29 is 36.0 Å². The second-order valence-electron chi connectivity index (χ2n) is 18.9. The normalized spacial score (nSPS) is 19.0. The van der Waals surface area contributed by atoms with Gasteiger partial charge >= 0.3 is 0 Å². The van der Waals surface area contributed by atoms with Crippen molar-refractivity contribution in [2.24, 2.45) is 0 Å². The SMILES string of the molecule is Cc1cn2nc([C@@H]3CCCCN3C(=O)c3cc(Cl)ccc3NS(C)(=O)=O)cc2nc1N1CC(OCc2c(Cl)ccc(NS(C)(=O)=O)c2C(=O)N2CCCC[C@H]2c2cc3nc(N4CC(=O)C4)c(C)cn3n2)C1. The van der Waals surface area contributed by atoms with E-state index in [9.17, 15) is 31.2 Å². The van der Waals surface area contributed by atoms with Gasteiger partial charge in [0, 0.05) is 77.4 Å². The lowest BCUT2D eigenvalue weighted by molar-refractivity contribution is -0.119. The molecule has 4 aliphatic heterocycles. The van der Waals surface area contributed by atoms with E-state index in [-0.39, 0.29) is 51.9 Å². The summed E-state index contributed by atoms with van der Waals surface area (Å²) in [6.45, 7) is 6.17. The van der Waals surface area contributed by atoms with Crippen LogP contribution in [0.15, 0.2) is 54.9 Å². The molecule has 4 aromatic heterocycles. The number of nitrogens with one attached hydrogen (secondary N) is 2. The van der Waals surface area contributed by atoms with Crippen LogP contribution in [0.3, 0.4) is 0 Å². The summed E-state index contributed by atoms with van der Waals surface area (Å²) in [4.78, 5) is 58.1. The van der Waals surface area contributed by atoms with Crippen LogP contribution in [0.5, 0.6) is 0 Å². The number of ketones is 1. The molecule has 0 saturated carbocycles. The third-order valence-corrected chi connectivity index (χ3v) is 15.1. The molecule has 2 atom stereocenters. The Morgan fingerprint density at radius 1 is 0.718 bits per heavy atom. The van der Waals surface area contributed by atoms with Crippen LogP contribution in [0.2, 0.25) is 10.0 Å². The fourth-order valence-corrected chi connectivity index (χ4v) is 11.5. The van der Waals surface area contributed by atoms with E-state index in [4.69, 9.17) is 48.1 Å². The number of hydrogen-bond acceptors (Lipinski definition) is 14. The Morgan fingerprint density at radius 2 is 1.25 bits per heavy atom. The molecule has 0 radical (unpaired) electrons. The van der Waals surface area contributed by atoms with Crippen molar-refractivity contribution in [2.45, 2.75) is 77.2 Å². The maximum atomic E-state index is 15.0. The van der Waals surface area contributed by atoms with Crippen LogP contribution in [0.1, 0.15) is 99.4 Å². The first-order valence-corrected chi connectivity index (χ1v) is 27.9. The molecule has 0 spiro atoms. The van der Waals surface area contributed by atoms with Gasteiger partial charge in [0.15, 0.2) is 17.1 Å². The number of benzene rings is 2. The van der Waals surface area contributed by atoms with Gasteiger partial charge in [-0.25, -0.2) is 35.8 Å². The van der Waals surface area contributed by atoms with Gasteiger partial charge in [0.2, 0.25) is 20.0 Å². The standard InChI is InChI=1S/C47H52Cl2N12O8S2/c1-27-20-60-41(50-44(27)56-22-30(62)23-56)19-38(53-60)40-10-6-8-16-59(40)47(64)43-33(34(49)12-14-36(43)55-71(4,67)68)26-69-31-24-57(25-31)45-28(2)21-61-42(51-45)18-37(52-61)39-9-5-7-15-58(39)46(63)32-17-29(48)11-13-35(32)54-70(3,65)66/h11-14,17-21,31,39-40,54-55H,5-10,15-16,22-26H2,1-4H3/t39-,40-/m0/s1. The molecular formula is C47H52Cl2N12O8S2. The van der Waals surface area contributed by atoms with E-state index in [2.05, 4.69) is 14.3 Å². The molecule has 2 aromatic carbocycles. The first kappa shape index (κ1) is 48.6. The zero-order chi connectivity index (χ0) is 50.1. The highest BCUT2D eigenvalue weighted by atomic mass is 35.5. The van der Waals surface area contributed by atoms with Gasteiger partial charge in [-0.1, -0.05) is 23.2 Å². The predicted molar refractivity (Wildman–Crippen MR) is 269 cm³/mol. The highest BCUT2D eigenvalue weighted by Crippen LogP contribution is 2.39. The number of carbonyl (C=O) groups excluding carboxylic acids is 3. The lowest BCUT2D eigenvalue weighted by Crippen LogP contribution is -2.53. The van der Waals surface area contributed by atoms with Gasteiger partial charge in [-0.2, -0.15) is 10.2 Å². The van der Waals surface area contributed by atoms with Crippen LogP contribution >= 0.6 is 23.2 Å². The number of halogens is 2. The number of nitrogens with zero attached hydrogens (tertiary/aromatic N) is 10. The molecule has 2 N–H and O–H groups in total. The molecular weight excluding hydrogens is 996 g/mol. The number of likely N-dealkylation sites (tertiary alicyclic amines) is 2. The first-order valence-electron chi connectivity index (χ1n) is 23.3. The van der Waals surface area contributed by atoms with E-state index < -0.39 is 38.0 Å². The summed E-state index contributed by atoms with van der Waals surface area (Å²) in [5, 5.41) is 10.3. The number of rotatable bonds is 13. The van der Waals surface area contributed by atoms with Gasteiger partial charge in [-0.05, 0) is 82.7 Å². The predicted octanol–water partition coefficient (Wildman–Crippen LogP) is 5.97. The molecule has 4 fully saturated rings. The number of sulfonamides is 2. The minimum absolute atomic E-state index is 0.0788. The first-order chi connectivity index (χ1) is 33.8. The molecule has 10 rings (SSSR count). The molecule has 0 bridgehead atoms. The van der Waals surface area contributed by atoms with Crippen LogP contribution in [0.4, 0.5) is 23.0 Å². The van der Waals surface area contributed by atoms with E-state index in [1.165, 1.54) is 24.3 Å². The molecule has 71 heavy (non-hydrogen) atoms. The summed E-state index contributed by atoms with van der Waals surface area (Å²) in [6.07, 6.45) is 10.0. The molecule has 4 aliphatic rings. The molecule has 20 nitrogen and oxygen atoms in total. The third-order valence-electron chi connectivity index (χ3n) is 13.4. The molecule has 4 saturated heterocycles. The summed E-state index contributed by atoms with van der Waals surface area (Å²) in [5.74, 6) is 0.814. The molecule has 0 aliphatic carbocycles. The van der Waals surface area contributed by atoms with E-state index >= 15 is 0 Å². The average Bonchev–Trinajstić information content (AvgIpc) is 3.90. The van der Waals surface area contributed by atoms with Crippen LogP contribution < -0.4 is 19.2 Å². The van der Waals surface area contributed by atoms with Gasteiger partial charge in [0.05, 0.1) is 84.3 Å². The van der Waals surface area contributed by atoms with Crippen molar-refractivity contribution in [1.29, 1.82) is 0 Å². The number of hydrogen-bond donors (Lipinski definition) is 2. The molecule has 8 heterocycles. The van der Waals surface area contributed by atoms with E-state index in [1.54, 1.807) is 24.9 Å². The number of piperidine rings is 2. The Hall–Kier alpha value is -6.07. The third kappa shape index (κ3) is 9.96. The maximum absolute atomic E-state index is 15.0. The fourth-order valence-electron chi connectivity index (χ4n) is 9.99. The van der Waals surface area contributed by atoms with Crippen LogP contribution in [-0.4, -0.2) is 131 Å². The maximum Gasteiger partial charge on any atom is 0.256 e. The van der Waals surface area contributed by atoms with Gasteiger partial charge in [-0.3, -0.25) is 23.8 Å². The number of fused-ring (bicyclic) bond motifs is 2. The quantitative estimate of drug-likeness (QED) is 0.136. The van der Waals surface area contributed by atoms with Crippen molar-refractivity contribution in [2.75, 3.05) is 71.0 Å². The highest BCUT2D eigenvalue weighted by Gasteiger charge is 2.37. The monoisotopic (exact) mass is 1050 g/mol. The number of aryl methyl sites for hydroxylation is 2. The smallest absolute Gasteiger partial charge is 0.256 e. The van der Waals surface area contributed by atoms with Gasteiger partial charge in [0.1, 0.15) is 11.6 Å². The lowest BCUT2D eigenvalue weighted by Gasteiger charge is -2.40. The van der Waals surface area contributed by atoms with Crippen LogP contribution in [0.25, 0.3) is 11.3 Å². The van der Waals surface area contributed by atoms with Crippen molar-refractivity contribution in [3.05, 3.63) is 104 Å². The summed E-state index contributed by atoms with van der Waals surface area (Å²) >= 11 is 13.2. The zero-order valence-corrected chi connectivity index (χ0v) is 42.6. The summed E-state index contributed by atoms with van der Waals surface area (Å²) in [6, 6.07) is 10.4. The second kappa shape index (κ2) is 18.8. The van der Waals surface area contributed by atoms with E-state index in [0.717, 1.165) is 55.1 Å². The van der Waals surface area contributed by atoms with Crippen molar-refractivity contribution in [3.63, 3.8) is 0 Å². The van der Waals surface area contributed by atoms with E-state index in [1.807, 2.05) is 43.3 Å². The second-order valence-corrected chi connectivity index (χ2v) is 23.2. The van der Waals surface area contributed by atoms with Crippen molar-refractivity contribution in [1.82, 2.24) is 39.0 Å². The highest BCUT2D eigenvalue weighted by molar-refractivity contribution is 7.92. The topological polar surface area (TPSA) is 226 Å². The number of anilines is 4. The molecule has 0 unspecified atom stereocenters. The Bertz CT molecular complexity index is 3370. The van der Waals surface area contributed by atoms with Gasteiger partial charge < -0.3 is 24.3 Å². The zero-order valence-electron chi connectivity index (χ0n) is 39.4. The average molecular weight is 1050 g/mol. The van der Waals surface area contributed by atoms with Crippen molar-refractivity contribution >= 4 is 95.2 Å². The van der Waals surface area contributed by atoms with Crippen LogP contribution in [0, 0.1) is 13.8 Å². The largest absolute Gasteiger partial charge is 0.370 e. The number of aromatic nitrogens is 6. The summed E-state index contributed by atoms with van der Waals surface area (Å²) in [5.41, 5.74) is 5.01. The van der Waals surface area contributed by atoms with Gasteiger partial charge in [-0.15, -0.1) is 0 Å². The molecule has 2 amide bonds. The fraction of sp³-hybridized carbons (Fsp3) is 0.426. The Morgan fingerprint density at radius 3 is 1.82 bits per heavy atom. The van der Waals surface area contributed by atoms with E-state index in [0.29, 0.717) is 91.2 Å². The Labute approximate surface area is 420 Å². The molecule has 374 valence electrons. The minimum atomic E-state index is -3.82. The molecule has 6 aromatic rings. The number of Topliss-reactive ketones (excluding diaryl/α,β-unsaturated/α-hetero) is 1. The Kier molecular flexibility index (Phi) is 12.9. The summed E-state index contributed by atoms with van der Waals surface area (Å²) < 4.78 is 64.6. The molecule has 24 heteroatoms. The lowest BCUT2D eigenvalue weighted by atomic mass is 9.96. The van der Waals surface area contributed by atoms with Crippen molar-refractivity contribution in [3.8, 4) is 0 Å². The Balaban J connectivity index is 0.861.